The number of benzene rings is 2. The van der Waals surface area contributed by atoms with Crippen molar-refractivity contribution in [3.8, 4) is 5.75 Å². The van der Waals surface area contributed by atoms with E-state index in [0.29, 0.717) is 23.6 Å². The second-order valence-electron chi connectivity index (χ2n) is 8.87. The molecule has 1 unspecified atom stereocenters. The normalized spacial score (nSPS) is 15.6. The molecule has 0 radical (unpaired) electrons. The number of rotatable bonds is 13. The minimum atomic E-state index is -0.879. The summed E-state index contributed by atoms with van der Waals surface area (Å²) in [6.07, 6.45) is 10.1. The van der Waals surface area contributed by atoms with Gasteiger partial charge in [-0.15, -0.1) is 0 Å². The number of hydrogen-bond donors (Lipinski definition) is 0. The monoisotopic (exact) mass is 448 g/mol. The van der Waals surface area contributed by atoms with Crippen LogP contribution in [-0.4, -0.2) is 24.0 Å². The average molecular weight is 449 g/mol. The summed E-state index contributed by atoms with van der Waals surface area (Å²) in [5.41, 5.74) is 2.78. The number of anilines is 1. The minimum absolute atomic E-state index is 0.231. The lowest BCUT2D eigenvalue weighted by Crippen LogP contribution is -2.32. The molecule has 0 saturated heterocycles. The molecule has 0 aromatic heterocycles. The molecular weight excluding hydrogens is 412 g/mol. The molecule has 5 nitrogen and oxygen atoms in total. The fourth-order valence-electron chi connectivity index (χ4n) is 4.05. The Labute approximate surface area is 197 Å². The van der Waals surface area contributed by atoms with Gasteiger partial charge in [0.15, 0.2) is 5.78 Å². The molecular formula is C28H36N2O3. The van der Waals surface area contributed by atoms with Crippen molar-refractivity contribution in [2.45, 2.75) is 72.1 Å². The quantitative estimate of drug-likeness (QED) is 0.194. The van der Waals surface area contributed by atoms with E-state index >= 15 is 0 Å². The molecule has 5 heteroatoms. The van der Waals surface area contributed by atoms with Crippen LogP contribution in [0.5, 0.6) is 5.75 Å². The van der Waals surface area contributed by atoms with Gasteiger partial charge in [-0.3, -0.25) is 9.59 Å². The molecule has 0 N–H and O–H groups in total. The van der Waals surface area contributed by atoms with Crippen LogP contribution in [0.25, 0.3) is 0 Å². The molecule has 1 atom stereocenters. The van der Waals surface area contributed by atoms with Gasteiger partial charge >= 0.3 is 0 Å². The van der Waals surface area contributed by atoms with E-state index in [9.17, 15) is 9.59 Å². The fourth-order valence-corrected chi connectivity index (χ4v) is 4.05. The van der Waals surface area contributed by atoms with Crippen LogP contribution in [0.4, 0.5) is 5.69 Å². The summed E-state index contributed by atoms with van der Waals surface area (Å²) >= 11 is 0. The van der Waals surface area contributed by atoms with Gasteiger partial charge < -0.3 is 4.74 Å². The van der Waals surface area contributed by atoms with Crippen LogP contribution < -0.4 is 9.75 Å². The summed E-state index contributed by atoms with van der Waals surface area (Å²) in [6, 6.07) is 14.6. The van der Waals surface area contributed by atoms with E-state index in [1.165, 1.54) is 50.0 Å². The zero-order chi connectivity index (χ0) is 23.6. The summed E-state index contributed by atoms with van der Waals surface area (Å²) < 4.78 is 5.83. The first kappa shape index (κ1) is 24.7. The minimum Gasteiger partial charge on any atom is -0.494 e. The Bertz CT molecular complexity index is 948. The second kappa shape index (κ2) is 12.3. The van der Waals surface area contributed by atoms with E-state index < -0.39 is 5.92 Å². The third-order valence-corrected chi connectivity index (χ3v) is 6.08. The maximum Gasteiger partial charge on any atom is 0.264 e. The van der Waals surface area contributed by atoms with Crippen molar-refractivity contribution < 1.29 is 14.3 Å². The first-order valence-electron chi connectivity index (χ1n) is 12.2. The van der Waals surface area contributed by atoms with Crippen molar-refractivity contribution in [2.24, 2.45) is 11.0 Å². The lowest BCUT2D eigenvalue weighted by Gasteiger charge is -2.14. The summed E-state index contributed by atoms with van der Waals surface area (Å²) in [7, 11) is 0. The second-order valence-corrected chi connectivity index (χ2v) is 8.87. The van der Waals surface area contributed by atoms with Crippen molar-refractivity contribution in [3.05, 3.63) is 59.7 Å². The zero-order valence-electron chi connectivity index (χ0n) is 20.2. The van der Waals surface area contributed by atoms with Crippen molar-refractivity contribution >= 4 is 23.1 Å². The molecule has 33 heavy (non-hydrogen) atoms. The van der Waals surface area contributed by atoms with Crippen molar-refractivity contribution in [1.29, 1.82) is 0 Å². The lowest BCUT2D eigenvalue weighted by molar-refractivity contribution is -0.118. The van der Waals surface area contributed by atoms with E-state index in [0.717, 1.165) is 17.7 Å². The third kappa shape index (κ3) is 6.77. The molecule has 0 aliphatic carbocycles. The SMILES string of the molecule is CCCCCCCCCCOc1ccc(C(=O)C2C(=O)N(c3ccc(C)cc3)N=C2C)cc1. The number of carbonyl (C=O) groups excluding carboxylic acids is 2. The van der Waals surface area contributed by atoms with Gasteiger partial charge in [-0.05, 0) is 56.7 Å². The number of ether oxygens (including phenoxy) is 1. The molecule has 1 heterocycles. The maximum atomic E-state index is 13.1. The van der Waals surface area contributed by atoms with E-state index in [-0.39, 0.29) is 11.7 Å². The summed E-state index contributed by atoms with van der Waals surface area (Å²) in [4.78, 5) is 26.0. The van der Waals surface area contributed by atoms with E-state index in [4.69, 9.17) is 4.74 Å². The highest BCUT2D eigenvalue weighted by molar-refractivity contribution is 6.30. The Morgan fingerprint density at radius 1 is 0.879 bits per heavy atom. The summed E-state index contributed by atoms with van der Waals surface area (Å²) in [6.45, 7) is 6.64. The van der Waals surface area contributed by atoms with Crippen LogP contribution in [0.3, 0.4) is 0 Å². The molecule has 176 valence electrons. The highest BCUT2D eigenvalue weighted by atomic mass is 16.5. The topological polar surface area (TPSA) is 59.0 Å². The number of hydrazone groups is 1. The van der Waals surface area contributed by atoms with E-state index in [1.807, 2.05) is 43.3 Å². The Hall–Kier alpha value is -2.95. The number of Topliss-reactive ketones (excluding diaryl/α,β-unsaturated/α-hetero) is 1. The first-order valence-corrected chi connectivity index (χ1v) is 12.2. The van der Waals surface area contributed by atoms with Crippen LogP contribution in [0, 0.1) is 12.8 Å². The third-order valence-electron chi connectivity index (χ3n) is 6.08. The van der Waals surface area contributed by atoms with Gasteiger partial charge in [0.05, 0.1) is 18.0 Å². The van der Waals surface area contributed by atoms with Gasteiger partial charge in [-0.25, -0.2) is 0 Å². The van der Waals surface area contributed by atoms with Crippen molar-refractivity contribution in [1.82, 2.24) is 0 Å². The highest BCUT2D eigenvalue weighted by Crippen LogP contribution is 2.27. The van der Waals surface area contributed by atoms with E-state index in [2.05, 4.69) is 12.0 Å². The number of aryl methyl sites for hydroxylation is 1. The van der Waals surface area contributed by atoms with Gasteiger partial charge in [-0.2, -0.15) is 10.1 Å². The van der Waals surface area contributed by atoms with Crippen LogP contribution >= 0.6 is 0 Å². The standard InChI is InChI=1S/C28H36N2O3/c1-4-5-6-7-8-9-10-11-20-33-25-18-14-23(15-19-25)27(31)26-22(3)29-30(28(26)32)24-16-12-21(2)13-17-24/h12-19,26H,4-11,20H2,1-3H3. The van der Waals surface area contributed by atoms with Gasteiger partial charge in [-0.1, -0.05) is 69.6 Å². The summed E-state index contributed by atoms with van der Waals surface area (Å²) in [5.74, 6) is -0.670. The average Bonchev–Trinajstić information content (AvgIpc) is 3.12. The fraction of sp³-hybridized carbons (Fsp3) is 0.464. The van der Waals surface area contributed by atoms with Crippen molar-refractivity contribution in [3.63, 3.8) is 0 Å². The zero-order valence-corrected chi connectivity index (χ0v) is 20.2. The molecule has 2 aromatic carbocycles. The van der Waals surface area contributed by atoms with Gasteiger partial charge in [0.2, 0.25) is 0 Å². The molecule has 1 aliphatic heterocycles. The molecule has 2 aromatic rings. The Morgan fingerprint density at radius 2 is 1.48 bits per heavy atom. The molecule has 0 spiro atoms. The number of amides is 1. The molecule has 0 bridgehead atoms. The number of nitrogens with zero attached hydrogens (tertiary/aromatic N) is 2. The molecule has 0 saturated carbocycles. The Balaban J connectivity index is 1.47. The first-order chi connectivity index (χ1) is 16.0. The van der Waals surface area contributed by atoms with Gasteiger partial charge in [0, 0.05) is 5.56 Å². The van der Waals surface area contributed by atoms with Crippen LogP contribution in [0.1, 0.15) is 81.1 Å². The van der Waals surface area contributed by atoms with E-state index in [1.54, 1.807) is 19.1 Å². The van der Waals surface area contributed by atoms with Crippen LogP contribution in [0.15, 0.2) is 53.6 Å². The maximum absolute atomic E-state index is 13.1. The van der Waals surface area contributed by atoms with Crippen LogP contribution in [0.2, 0.25) is 0 Å². The molecule has 1 amide bonds. The molecule has 0 fully saturated rings. The number of hydrogen-bond acceptors (Lipinski definition) is 4. The highest BCUT2D eigenvalue weighted by Gasteiger charge is 2.39. The predicted octanol–water partition coefficient (Wildman–Crippen LogP) is 6.74. The predicted molar refractivity (Wildman–Crippen MR) is 134 cm³/mol. The lowest BCUT2D eigenvalue weighted by atomic mass is 9.93. The number of carbonyl (C=O) groups is 2. The largest absolute Gasteiger partial charge is 0.494 e. The van der Waals surface area contributed by atoms with Gasteiger partial charge in [0.1, 0.15) is 11.7 Å². The molecule has 1 aliphatic rings. The molecule has 3 rings (SSSR count). The number of unbranched alkanes of at least 4 members (excludes halogenated alkanes) is 7. The smallest absolute Gasteiger partial charge is 0.264 e. The van der Waals surface area contributed by atoms with Crippen molar-refractivity contribution in [2.75, 3.05) is 11.6 Å². The Kier molecular flexibility index (Phi) is 9.23. The number of ketones is 1. The van der Waals surface area contributed by atoms with Crippen LogP contribution in [-0.2, 0) is 4.79 Å². The van der Waals surface area contributed by atoms with Gasteiger partial charge in [0.25, 0.3) is 5.91 Å². The summed E-state index contributed by atoms with van der Waals surface area (Å²) in [5, 5.41) is 5.69. The Morgan fingerprint density at radius 3 is 2.12 bits per heavy atom.